The Hall–Kier alpha value is -1.64. The second-order valence-corrected chi connectivity index (χ2v) is 4.29. The highest BCUT2D eigenvalue weighted by Crippen LogP contribution is 2.20. The van der Waals surface area contributed by atoms with E-state index in [0.717, 1.165) is 16.6 Å². The normalized spacial score (nSPS) is 10.4. The van der Waals surface area contributed by atoms with Gasteiger partial charge in [0.2, 0.25) is 0 Å². The predicted molar refractivity (Wildman–Crippen MR) is 65.5 cm³/mol. The number of terminal acetylenes is 1. The van der Waals surface area contributed by atoms with Crippen molar-refractivity contribution in [3.05, 3.63) is 36.0 Å². The lowest BCUT2D eigenvalue weighted by Crippen LogP contribution is -2.05. The monoisotopic (exact) mass is 248 g/mol. The van der Waals surface area contributed by atoms with Crippen LogP contribution in [-0.2, 0) is 13.2 Å². The maximum absolute atomic E-state index is 9.24. The molecule has 0 bridgehead atoms. The van der Waals surface area contributed by atoms with E-state index in [1.807, 2.05) is 16.7 Å². The third kappa shape index (κ3) is 2.73. The van der Waals surface area contributed by atoms with Gasteiger partial charge in [-0.3, -0.25) is 0 Å². The van der Waals surface area contributed by atoms with Gasteiger partial charge in [0.05, 0.1) is 37.1 Å². The van der Waals surface area contributed by atoms with E-state index in [1.54, 1.807) is 12.5 Å². The number of hydrogen-bond donors (Lipinski definition) is 1. The number of aromatic nitrogens is 2. The number of rotatable bonds is 5. The molecule has 2 aromatic heterocycles. The van der Waals surface area contributed by atoms with Gasteiger partial charge in [0.15, 0.2) is 5.16 Å². The molecule has 2 heterocycles. The first-order valence-electron chi connectivity index (χ1n) is 5.09. The molecule has 1 N–H and O–H groups in total. The van der Waals surface area contributed by atoms with Gasteiger partial charge < -0.3 is 14.1 Å². The average Bonchev–Trinajstić information content (AvgIpc) is 2.97. The molecule has 0 fully saturated rings. The summed E-state index contributed by atoms with van der Waals surface area (Å²) >= 11 is 1.47. The lowest BCUT2D eigenvalue weighted by atomic mass is 10.4. The fourth-order valence-corrected chi connectivity index (χ4v) is 2.14. The smallest absolute Gasteiger partial charge is 0.169 e. The van der Waals surface area contributed by atoms with Crippen molar-refractivity contribution in [2.24, 2.45) is 0 Å². The van der Waals surface area contributed by atoms with Crippen LogP contribution in [0.4, 0.5) is 0 Å². The highest BCUT2D eigenvalue weighted by Gasteiger charge is 2.11. The number of thioether (sulfide) groups is 1. The standard InChI is InChI=1S/C12H12N2O2S/c1-2-6-17-12-13-7-10(9-15)14(12)8-11-4-3-5-16-11/h1,3-5,7,15H,6,8-9H2. The second kappa shape index (κ2) is 5.62. The summed E-state index contributed by atoms with van der Waals surface area (Å²) in [4.78, 5) is 4.23. The van der Waals surface area contributed by atoms with Crippen LogP contribution < -0.4 is 0 Å². The van der Waals surface area contributed by atoms with Gasteiger partial charge in [-0.1, -0.05) is 17.7 Å². The molecule has 0 aliphatic rings. The van der Waals surface area contributed by atoms with Crippen LogP contribution in [0.25, 0.3) is 0 Å². The number of aliphatic hydroxyl groups excluding tert-OH is 1. The average molecular weight is 248 g/mol. The fraction of sp³-hybridized carbons (Fsp3) is 0.250. The van der Waals surface area contributed by atoms with E-state index < -0.39 is 0 Å². The fourth-order valence-electron chi connectivity index (χ4n) is 1.47. The van der Waals surface area contributed by atoms with E-state index in [0.29, 0.717) is 12.3 Å². The molecule has 0 aromatic carbocycles. The molecule has 0 saturated carbocycles. The maximum atomic E-state index is 9.24. The lowest BCUT2D eigenvalue weighted by Gasteiger charge is -2.07. The Kier molecular flexibility index (Phi) is 3.91. The van der Waals surface area contributed by atoms with Crippen LogP contribution in [-0.4, -0.2) is 20.4 Å². The quantitative estimate of drug-likeness (QED) is 0.647. The number of nitrogens with zero attached hydrogens (tertiary/aromatic N) is 2. The molecule has 0 aliphatic carbocycles. The van der Waals surface area contributed by atoms with Crippen LogP contribution in [0.15, 0.2) is 34.2 Å². The van der Waals surface area contributed by atoms with Gasteiger partial charge in [-0.25, -0.2) is 4.98 Å². The highest BCUT2D eigenvalue weighted by molar-refractivity contribution is 7.99. The Labute approximate surface area is 104 Å². The molecule has 17 heavy (non-hydrogen) atoms. The summed E-state index contributed by atoms with van der Waals surface area (Å²) in [5.74, 6) is 3.93. The maximum Gasteiger partial charge on any atom is 0.169 e. The van der Waals surface area contributed by atoms with E-state index in [4.69, 9.17) is 10.8 Å². The van der Waals surface area contributed by atoms with Crippen LogP contribution >= 0.6 is 11.8 Å². The molecule has 0 unspecified atom stereocenters. The summed E-state index contributed by atoms with van der Waals surface area (Å²) in [7, 11) is 0. The molecule has 4 nitrogen and oxygen atoms in total. The summed E-state index contributed by atoms with van der Waals surface area (Å²) in [6.45, 7) is 0.500. The van der Waals surface area contributed by atoms with Crippen molar-refractivity contribution in [1.29, 1.82) is 0 Å². The minimum atomic E-state index is -0.0513. The highest BCUT2D eigenvalue weighted by atomic mass is 32.2. The number of hydrogen-bond acceptors (Lipinski definition) is 4. The largest absolute Gasteiger partial charge is 0.467 e. The van der Waals surface area contributed by atoms with Crippen molar-refractivity contribution >= 4 is 11.8 Å². The summed E-state index contributed by atoms with van der Waals surface area (Å²) < 4.78 is 7.19. The Bertz CT molecular complexity index is 511. The van der Waals surface area contributed by atoms with Crippen molar-refractivity contribution in [3.8, 4) is 12.3 Å². The Morgan fingerprint density at radius 3 is 3.12 bits per heavy atom. The zero-order chi connectivity index (χ0) is 12.1. The van der Waals surface area contributed by atoms with Gasteiger partial charge in [-0.15, -0.1) is 6.42 Å². The molecule has 2 aromatic rings. The van der Waals surface area contributed by atoms with E-state index in [1.165, 1.54) is 11.8 Å². The van der Waals surface area contributed by atoms with Crippen LogP contribution in [0.3, 0.4) is 0 Å². The van der Waals surface area contributed by atoms with E-state index in [9.17, 15) is 5.11 Å². The van der Waals surface area contributed by atoms with Gasteiger partial charge in [0, 0.05) is 0 Å². The number of imidazole rings is 1. The molecule has 0 saturated heterocycles. The zero-order valence-corrected chi connectivity index (χ0v) is 9.98. The molecular weight excluding hydrogens is 236 g/mol. The van der Waals surface area contributed by atoms with E-state index >= 15 is 0 Å². The Morgan fingerprint density at radius 2 is 2.47 bits per heavy atom. The third-order valence-electron chi connectivity index (χ3n) is 2.24. The minimum absolute atomic E-state index is 0.0513. The minimum Gasteiger partial charge on any atom is -0.467 e. The molecule has 0 radical (unpaired) electrons. The summed E-state index contributed by atoms with van der Waals surface area (Å²) in [5.41, 5.74) is 0.751. The first-order chi connectivity index (χ1) is 8.35. The van der Waals surface area contributed by atoms with E-state index in [-0.39, 0.29) is 6.61 Å². The van der Waals surface area contributed by atoms with Crippen LogP contribution in [0.2, 0.25) is 0 Å². The zero-order valence-electron chi connectivity index (χ0n) is 9.17. The lowest BCUT2D eigenvalue weighted by molar-refractivity contribution is 0.269. The van der Waals surface area contributed by atoms with Crippen molar-refractivity contribution in [2.75, 3.05) is 5.75 Å². The number of aliphatic hydroxyl groups is 1. The van der Waals surface area contributed by atoms with Crippen LogP contribution in [0, 0.1) is 12.3 Å². The topological polar surface area (TPSA) is 51.2 Å². The molecule has 5 heteroatoms. The first kappa shape index (κ1) is 11.8. The Balaban J connectivity index is 2.23. The van der Waals surface area contributed by atoms with Crippen molar-refractivity contribution < 1.29 is 9.52 Å². The van der Waals surface area contributed by atoms with Crippen molar-refractivity contribution in [2.45, 2.75) is 18.3 Å². The van der Waals surface area contributed by atoms with Gasteiger partial charge in [0.1, 0.15) is 5.76 Å². The van der Waals surface area contributed by atoms with Crippen LogP contribution in [0.1, 0.15) is 11.5 Å². The summed E-state index contributed by atoms with van der Waals surface area (Å²) in [5, 5.41) is 10.0. The van der Waals surface area contributed by atoms with Gasteiger partial charge in [-0.2, -0.15) is 0 Å². The Morgan fingerprint density at radius 1 is 1.59 bits per heavy atom. The SMILES string of the molecule is C#CCSc1ncc(CO)n1Cc1ccco1. The molecular formula is C12H12N2O2S. The van der Waals surface area contributed by atoms with Crippen molar-refractivity contribution in [3.63, 3.8) is 0 Å². The molecule has 0 amide bonds. The number of furan rings is 1. The molecule has 2 rings (SSSR count). The van der Waals surface area contributed by atoms with Crippen molar-refractivity contribution in [1.82, 2.24) is 9.55 Å². The summed E-state index contributed by atoms with van der Waals surface area (Å²) in [6.07, 6.45) is 8.50. The molecule has 0 spiro atoms. The molecule has 0 atom stereocenters. The van der Waals surface area contributed by atoms with Gasteiger partial charge >= 0.3 is 0 Å². The molecule has 0 aliphatic heterocycles. The summed E-state index contributed by atoms with van der Waals surface area (Å²) in [6, 6.07) is 3.72. The van der Waals surface area contributed by atoms with Gasteiger partial charge in [0.25, 0.3) is 0 Å². The van der Waals surface area contributed by atoms with E-state index in [2.05, 4.69) is 10.9 Å². The van der Waals surface area contributed by atoms with Crippen LogP contribution in [0.5, 0.6) is 0 Å². The second-order valence-electron chi connectivity index (χ2n) is 3.35. The third-order valence-corrected chi connectivity index (χ3v) is 3.14. The van der Waals surface area contributed by atoms with Gasteiger partial charge in [-0.05, 0) is 12.1 Å². The predicted octanol–water partition coefficient (Wildman–Crippen LogP) is 1.74. The molecule has 88 valence electrons. The first-order valence-corrected chi connectivity index (χ1v) is 6.07.